The minimum absolute atomic E-state index is 0.0272. The minimum atomic E-state index is -0.477. The molecule has 2 aliphatic rings. The van der Waals surface area contributed by atoms with E-state index in [2.05, 4.69) is 16.8 Å². The van der Waals surface area contributed by atoms with Crippen LogP contribution in [0, 0.1) is 0 Å². The van der Waals surface area contributed by atoms with Gasteiger partial charge in [0.1, 0.15) is 0 Å². The number of ether oxygens (including phenoxy) is 2. The number of amides is 1. The van der Waals surface area contributed by atoms with Crippen molar-refractivity contribution in [1.82, 2.24) is 5.32 Å². The maximum atomic E-state index is 12.6. The number of carbonyl (C=O) groups excluding carboxylic acids is 1. The van der Waals surface area contributed by atoms with Crippen molar-refractivity contribution in [3.05, 3.63) is 69.6 Å². The summed E-state index contributed by atoms with van der Waals surface area (Å²) >= 11 is 1.65. The average Bonchev–Trinajstić information content (AvgIpc) is 3.24. The van der Waals surface area contributed by atoms with Gasteiger partial charge in [-0.25, -0.2) is 0 Å². The van der Waals surface area contributed by atoms with Crippen molar-refractivity contribution >= 4 is 17.2 Å². The van der Waals surface area contributed by atoms with E-state index in [0.29, 0.717) is 18.8 Å². The summed E-state index contributed by atoms with van der Waals surface area (Å²) in [5.74, 6) is 0.310. The predicted octanol–water partition coefficient (Wildman–Crippen LogP) is 3.84. The van der Waals surface area contributed by atoms with Crippen molar-refractivity contribution in [2.75, 3.05) is 0 Å². The quantitative estimate of drug-likeness (QED) is 0.742. The zero-order valence-corrected chi connectivity index (χ0v) is 16.5. The Balaban J connectivity index is 1.43. The van der Waals surface area contributed by atoms with Gasteiger partial charge in [-0.3, -0.25) is 4.79 Å². The molecule has 6 heteroatoms. The highest BCUT2D eigenvalue weighted by Gasteiger charge is 2.30. The van der Waals surface area contributed by atoms with Crippen LogP contribution in [0.15, 0.2) is 52.9 Å². The van der Waals surface area contributed by atoms with Gasteiger partial charge in [0, 0.05) is 18.4 Å². The van der Waals surface area contributed by atoms with E-state index in [1.54, 1.807) is 11.3 Å². The lowest BCUT2D eigenvalue weighted by Crippen LogP contribution is -2.42. The van der Waals surface area contributed by atoms with Crippen molar-refractivity contribution in [3.8, 4) is 0 Å². The van der Waals surface area contributed by atoms with Crippen molar-refractivity contribution in [2.24, 2.45) is 0 Å². The van der Waals surface area contributed by atoms with Gasteiger partial charge in [-0.2, -0.15) is 11.3 Å². The lowest BCUT2D eigenvalue weighted by atomic mass is 9.92. The Labute approximate surface area is 169 Å². The van der Waals surface area contributed by atoms with Crippen LogP contribution in [0.4, 0.5) is 0 Å². The number of rotatable bonds is 7. The molecule has 1 fully saturated rings. The number of aliphatic hydroxyl groups is 1. The number of allylic oxidation sites excluding steroid dienone is 1. The highest BCUT2D eigenvalue weighted by molar-refractivity contribution is 7.08. The maximum Gasteiger partial charge on any atom is 0.286 e. The molecule has 0 spiro atoms. The molecule has 1 saturated carbocycles. The second-order valence-corrected chi connectivity index (χ2v) is 8.14. The van der Waals surface area contributed by atoms with E-state index in [4.69, 9.17) is 14.6 Å². The molecule has 2 heterocycles. The first kappa shape index (κ1) is 19.2. The Morgan fingerprint density at radius 2 is 2.00 bits per heavy atom. The molecule has 1 amide bonds. The number of aliphatic hydroxyl groups excluding tert-OH is 1. The second-order valence-electron chi connectivity index (χ2n) is 7.36. The zero-order chi connectivity index (χ0) is 19.3. The largest absolute Gasteiger partial charge is 0.459 e. The van der Waals surface area contributed by atoms with Crippen LogP contribution in [-0.2, 0) is 27.5 Å². The van der Waals surface area contributed by atoms with Crippen LogP contribution >= 0.6 is 11.3 Å². The zero-order valence-electron chi connectivity index (χ0n) is 15.7. The Hall–Kier alpha value is -2.15. The van der Waals surface area contributed by atoms with Gasteiger partial charge in [0.2, 0.25) is 6.29 Å². The molecule has 2 aromatic rings. The fourth-order valence-electron chi connectivity index (χ4n) is 3.38. The van der Waals surface area contributed by atoms with Crippen molar-refractivity contribution in [1.29, 1.82) is 0 Å². The van der Waals surface area contributed by atoms with E-state index >= 15 is 0 Å². The first-order valence-corrected chi connectivity index (χ1v) is 10.7. The molecule has 4 rings (SSSR count). The molecule has 1 aliphatic carbocycles. The van der Waals surface area contributed by atoms with Crippen LogP contribution in [0.1, 0.15) is 48.3 Å². The summed E-state index contributed by atoms with van der Waals surface area (Å²) in [5.41, 5.74) is 3.05. The van der Waals surface area contributed by atoms with E-state index in [9.17, 15) is 4.79 Å². The summed E-state index contributed by atoms with van der Waals surface area (Å²) < 4.78 is 11.9. The Bertz CT molecular complexity index is 812. The van der Waals surface area contributed by atoms with E-state index in [1.807, 2.05) is 35.7 Å². The third kappa shape index (κ3) is 4.63. The highest BCUT2D eigenvalue weighted by Crippen LogP contribution is 2.33. The highest BCUT2D eigenvalue weighted by atomic mass is 32.1. The number of thiophene rings is 1. The van der Waals surface area contributed by atoms with Gasteiger partial charge in [-0.15, -0.1) is 0 Å². The third-order valence-electron chi connectivity index (χ3n) is 5.33. The van der Waals surface area contributed by atoms with Crippen LogP contribution < -0.4 is 5.32 Å². The molecule has 0 bridgehead atoms. The second kappa shape index (κ2) is 8.90. The molecule has 5 nitrogen and oxygen atoms in total. The smallest absolute Gasteiger partial charge is 0.286 e. The number of hydrogen-bond acceptors (Lipinski definition) is 5. The molecular formula is C22H25NO4S. The van der Waals surface area contributed by atoms with Crippen LogP contribution in [-0.4, -0.2) is 23.3 Å². The summed E-state index contributed by atoms with van der Waals surface area (Å²) in [7, 11) is 0. The monoisotopic (exact) mass is 399 g/mol. The maximum absolute atomic E-state index is 12.6. The first-order chi connectivity index (χ1) is 13.7. The molecular weight excluding hydrogens is 374 g/mol. The minimum Gasteiger partial charge on any atom is -0.459 e. The summed E-state index contributed by atoms with van der Waals surface area (Å²) in [6.45, 7) is 0.420. The molecule has 1 aliphatic heterocycles. The van der Waals surface area contributed by atoms with Gasteiger partial charge in [-0.1, -0.05) is 24.3 Å². The summed E-state index contributed by atoms with van der Waals surface area (Å²) in [5, 5.41) is 16.4. The SMILES string of the molecule is O=C(NC1CCC1)C1=C[C@@H](c2ccsc2)C[C@@H](OCc2ccc(CO)cc2)O1. The number of carbonyl (C=O) groups is 1. The molecule has 148 valence electrons. The standard InChI is InChI=1S/C22H25NO4S/c24-12-15-4-6-16(7-5-15)13-26-21-11-18(17-8-9-28-14-17)10-20(27-21)22(25)23-19-2-1-3-19/h4-10,14,18-19,21,24H,1-3,11-13H2,(H,23,25)/t18-,21+/m1/s1. The molecule has 2 atom stereocenters. The van der Waals surface area contributed by atoms with E-state index < -0.39 is 6.29 Å². The summed E-state index contributed by atoms with van der Waals surface area (Å²) in [6, 6.07) is 9.99. The van der Waals surface area contributed by atoms with Crippen LogP contribution in [0.5, 0.6) is 0 Å². The van der Waals surface area contributed by atoms with Crippen molar-refractivity contribution in [3.63, 3.8) is 0 Å². The third-order valence-corrected chi connectivity index (χ3v) is 6.04. The Kier molecular flexibility index (Phi) is 6.10. The van der Waals surface area contributed by atoms with Gasteiger partial charge in [0.25, 0.3) is 5.91 Å². The topological polar surface area (TPSA) is 67.8 Å². The van der Waals surface area contributed by atoms with E-state index in [1.165, 1.54) is 12.0 Å². The van der Waals surface area contributed by atoms with Gasteiger partial charge in [0.15, 0.2) is 5.76 Å². The van der Waals surface area contributed by atoms with Crippen molar-refractivity contribution < 1.29 is 19.4 Å². The van der Waals surface area contributed by atoms with Crippen LogP contribution in [0.25, 0.3) is 0 Å². The fraction of sp³-hybridized carbons (Fsp3) is 0.409. The van der Waals surface area contributed by atoms with E-state index in [0.717, 1.165) is 24.0 Å². The lowest BCUT2D eigenvalue weighted by Gasteiger charge is -2.31. The lowest BCUT2D eigenvalue weighted by molar-refractivity contribution is -0.150. The van der Waals surface area contributed by atoms with E-state index in [-0.39, 0.29) is 24.5 Å². The fourth-order valence-corrected chi connectivity index (χ4v) is 4.10. The van der Waals surface area contributed by atoms with Crippen molar-refractivity contribution in [2.45, 2.75) is 57.1 Å². The number of nitrogens with one attached hydrogen (secondary N) is 1. The first-order valence-electron chi connectivity index (χ1n) is 9.73. The molecule has 0 saturated heterocycles. The summed E-state index contributed by atoms with van der Waals surface area (Å²) in [6.07, 6.45) is 5.36. The molecule has 0 unspecified atom stereocenters. The molecule has 1 aromatic carbocycles. The Morgan fingerprint density at radius 1 is 1.21 bits per heavy atom. The Morgan fingerprint density at radius 3 is 2.64 bits per heavy atom. The van der Waals surface area contributed by atoms with Gasteiger partial charge in [0.05, 0.1) is 13.2 Å². The average molecular weight is 400 g/mol. The number of benzene rings is 1. The van der Waals surface area contributed by atoms with Gasteiger partial charge in [-0.05, 0) is 58.9 Å². The molecule has 28 heavy (non-hydrogen) atoms. The predicted molar refractivity (Wildman–Crippen MR) is 108 cm³/mol. The van der Waals surface area contributed by atoms with Crippen LogP contribution in [0.2, 0.25) is 0 Å². The number of hydrogen-bond donors (Lipinski definition) is 2. The van der Waals surface area contributed by atoms with Gasteiger partial charge >= 0.3 is 0 Å². The van der Waals surface area contributed by atoms with Crippen LogP contribution in [0.3, 0.4) is 0 Å². The molecule has 1 aromatic heterocycles. The molecule has 0 radical (unpaired) electrons. The summed E-state index contributed by atoms with van der Waals surface area (Å²) in [4.78, 5) is 12.6. The van der Waals surface area contributed by atoms with Gasteiger partial charge < -0.3 is 19.9 Å². The molecule has 2 N–H and O–H groups in total. The normalized spacial score (nSPS) is 22.1.